The Morgan fingerprint density at radius 2 is 1.89 bits per heavy atom. The molecule has 0 amide bonds. The second-order valence-electron chi connectivity index (χ2n) is 4.36. The second-order valence-corrected chi connectivity index (χ2v) is 5.59. The third-order valence-electron chi connectivity index (χ3n) is 3.00. The maximum absolute atomic E-state index is 9.25. The van der Waals surface area contributed by atoms with E-state index in [0.717, 1.165) is 18.8 Å². The Balaban J connectivity index is 1.88. The van der Waals surface area contributed by atoms with E-state index in [-0.39, 0.29) is 6.61 Å². The summed E-state index contributed by atoms with van der Waals surface area (Å²) in [5.74, 6) is 2.39. The molecule has 1 heterocycles. The van der Waals surface area contributed by atoms with Crippen molar-refractivity contribution in [3.8, 4) is 0 Å². The summed E-state index contributed by atoms with van der Waals surface area (Å²) >= 11 is 2.00. The van der Waals surface area contributed by atoms with E-state index < -0.39 is 6.10 Å². The first-order valence-corrected chi connectivity index (χ1v) is 7.40. The number of hydrogen-bond donors (Lipinski definition) is 3. The molecule has 0 saturated carbocycles. The zero-order valence-electron chi connectivity index (χ0n) is 10.4. The van der Waals surface area contributed by atoms with Crippen molar-refractivity contribution >= 4 is 23.1 Å². The second kappa shape index (κ2) is 6.87. The van der Waals surface area contributed by atoms with Crippen molar-refractivity contribution in [1.82, 2.24) is 0 Å². The third-order valence-corrected chi connectivity index (χ3v) is 3.94. The molecule has 0 spiro atoms. The fourth-order valence-corrected chi connectivity index (χ4v) is 2.81. The van der Waals surface area contributed by atoms with Gasteiger partial charge in [-0.3, -0.25) is 0 Å². The Labute approximate surface area is 112 Å². The molecule has 1 unspecified atom stereocenters. The van der Waals surface area contributed by atoms with Crippen molar-refractivity contribution in [1.29, 1.82) is 0 Å². The molecule has 1 aromatic carbocycles. The molecule has 4 nitrogen and oxygen atoms in total. The van der Waals surface area contributed by atoms with E-state index in [4.69, 9.17) is 5.11 Å². The topological polar surface area (TPSA) is 55.7 Å². The van der Waals surface area contributed by atoms with Crippen molar-refractivity contribution in [2.24, 2.45) is 0 Å². The first-order chi connectivity index (χ1) is 8.79. The molecule has 2 rings (SSSR count). The van der Waals surface area contributed by atoms with Crippen molar-refractivity contribution in [2.45, 2.75) is 6.10 Å². The summed E-state index contributed by atoms with van der Waals surface area (Å²) in [5, 5.41) is 21.1. The number of rotatable bonds is 5. The van der Waals surface area contributed by atoms with Crippen molar-refractivity contribution in [2.75, 3.05) is 48.0 Å². The fourth-order valence-electron chi connectivity index (χ4n) is 1.91. The SMILES string of the molecule is OCC(O)CNc1ccc(N2CCSCC2)cc1. The summed E-state index contributed by atoms with van der Waals surface area (Å²) in [6.45, 7) is 2.38. The molecule has 3 N–H and O–H groups in total. The zero-order valence-corrected chi connectivity index (χ0v) is 11.2. The number of thioether (sulfide) groups is 1. The Hall–Kier alpha value is -0.910. The molecule has 1 atom stereocenters. The molecular weight excluding hydrogens is 248 g/mol. The van der Waals surface area contributed by atoms with Crippen LogP contribution in [0, 0.1) is 0 Å². The van der Waals surface area contributed by atoms with Crippen LogP contribution in [-0.2, 0) is 0 Å². The van der Waals surface area contributed by atoms with Crippen molar-refractivity contribution < 1.29 is 10.2 Å². The van der Waals surface area contributed by atoms with Gasteiger partial charge in [0.25, 0.3) is 0 Å². The van der Waals surface area contributed by atoms with Crippen LogP contribution >= 0.6 is 11.8 Å². The number of aliphatic hydroxyl groups is 2. The summed E-state index contributed by atoms with van der Waals surface area (Å²) in [4.78, 5) is 2.39. The van der Waals surface area contributed by atoms with Crippen LogP contribution in [0.25, 0.3) is 0 Å². The first-order valence-electron chi connectivity index (χ1n) is 6.25. The van der Waals surface area contributed by atoms with Gasteiger partial charge in [-0.1, -0.05) is 0 Å². The van der Waals surface area contributed by atoms with E-state index >= 15 is 0 Å². The van der Waals surface area contributed by atoms with E-state index in [1.54, 1.807) is 0 Å². The van der Waals surface area contributed by atoms with Gasteiger partial charge in [-0.2, -0.15) is 11.8 Å². The lowest BCUT2D eigenvalue weighted by Gasteiger charge is -2.28. The molecular formula is C13H20N2O2S. The summed E-state index contributed by atoms with van der Waals surface area (Å²) in [7, 11) is 0. The number of hydrogen-bond acceptors (Lipinski definition) is 5. The molecule has 0 bridgehead atoms. The van der Waals surface area contributed by atoms with Gasteiger partial charge in [-0.05, 0) is 24.3 Å². The Kier molecular flexibility index (Phi) is 5.16. The van der Waals surface area contributed by atoms with Crippen molar-refractivity contribution in [3.05, 3.63) is 24.3 Å². The average molecular weight is 268 g/mol. The van der Waals surface area contributed by atoms with Gasteiger partial charge in [0, 0.05) is 42.5 Å². The number of aliphatic hydroxyl groups excluding tert-OH is 2. The van der Waals surface area contributed by atoms with Crippen LogP contribution in [-0.4, -0.2) is 54.1 Å². The minimum Gasteiger partial charge on any atom is -0.394 e. The minimum absolute atomic E-state index is 0.212. The van der Waals surface area contributed by atoms with Crippen LogP contribution in [0.1, 0.15) is 0 Å². The van der Waals surface area contributed by atoms with Crippen LogP contribution in [0.3, 0.4) is 0 Å². The number of anilines is 2. The number of nitrogens with zero attached hydrogens (tertiary/aromatic N) is 1. The van der Waals surface area contributed by atoms with Gasteiger partial charge in [-0.15, -0.1) is 0 Å². The molecule has 1 aromatic rings. The highest BCUT2D eigenvalue weighted by Gasteiger charge is 2.10. The quantitative estimate of drug-likeness (QED) is 0.744. The largest absolute Gasteiger partial charge is 0.394 e. The molecule has 18 heavy (non-hydrogen) atoms. The normalized spacial score (nSPS) is 17.6. The molecule has 0 aliphatic carbocycles. The van der Waals surface area contributed by atoms with Gasteiger partial charge >= 0.3 is 0 Å². The summed E-state index contributed by atoms with van der Waals surface area (Å²) in [5.41, 5.74) is 2.22. The fraction of sp³-hybridized carbons (Fsp3) is 0.538. The standard InChI is InChI=1S/C13H20N2O2S/c16-10-13(17)9-14-11-1-3-12(4-2-11)15-5-7-18-8-6-15/h1-4,13-14,16-17H,5-10H2. The van der Waals surface area contributed by atoms with Crippen LogP contribution < -0.4 is 10.2 Å². The molecule has 1 fully saturated rings. The van der Waals surface area contributed by atoms with Crippen LogP contribution in [0.2, 0.25) is 0 Å². The predicted octanol–water partition coefficient (Wildman–Crippen LogP) is 1.00. The first kappa shape index (κ1) is 13.5. The Bertz CT molecular complexity index is 353. The van der Waals surface area contributed by atoms with Crippen LogP contribution in [0.4, 0.5) is 11.4 Å². The Morgan fingerprint density at radius 1 is 1.22 bits per heavy atom. The molecule has 0 aromatic heterocycles. The predicted molar refractivity (Wildman–Crippen MR) is 77.6 cm³/mol. The monoisotopic (exact) mass is 268 g/mol. The highest BCUT2D eigenvalue weighted by molar-refractivity contribution is 7.99. The van der Waals surface area contributed by atoms with Gasteiger partial charge in [-0.25, -0.2) is 0 Å². The molecule has 1 saturated heterocycles. The highest BCUT2D eigenvalue weighted by Crippen LogP contribution is 2.21. The van der Waals surface area contributed by atoms with Gasteiger partial charge in [0.1, 0.15) is 0 Å². The lowest BCUT2D eigenvalue weighted by Crippen LogP contribution is -2.32. The lowest BCUT2D eigenvalue weighted by atomic mass is 10.2. The molecule has 5 heteroatoms. The van der Waals surface area contributed by atoms with Gasteiger partial charge < -0.3 is 20.4 Å². The third kappa shape index (κ3) is 3.80. The minimum atomic E-state index is -0.705. The van der Waals surface area contributed by atoms with Gasteiger partial charge in [0.2, 0.25) is 0 Å². The van der Waals surface area contributed by atoms with Crippen LogP contribution in [0.5, 0.6) is 0 Å². The molecule has 100 valence electrons. The smallest absolute Gasteiger partial charge is 0.0942 e. The Morgan fingerprint density at radius 3 is 2.50 bits per heavy atom. The number of nitrogens with one attached hydrogen (secondary N) is 1. The van der Waals surface area contributed by atoms with E-state index in [0.29, 0.717) is 6.54 Å². The van der Waals surface area contributed by atoms with Gasteiger partial charge in [0.15, 0.2) is 0 Å². The highest BCUT2D eigenvalue weighted by atomic mass is 32.2. The maximum atomic E-state index is 9.25. The summed E-state index contributed by atoms with van der Waals surface area (Å²) < 4.78 is 0. The molecule has 1 aliphatic rings. The average Bonchev–Trinajstić information content (AvgIpc) is 2.46. The van der Waals surface area contributed by atoms with E-state index in [2.05, 4.69) is 22.3 Å². The van der Waals surface area contributed by atoms with Crippen LogP contribution in [0.15, 0.2) is 24.3 Å². The molecule has 0 radical (unpaired) electrons. The summed E-state index contributed by atoms with van der Waals surface area (Å²) in [6, 6.07) is 8.23. The lowest BCUT2D eigenvalue weighted by molar-refractivity contribution is 0.105. The van der Waals surface area contributed by atoms with E-state index in [9.17, 15) is 5.11 Å². The summed E-state index contributed by atoms with van der Waals surface area (Å²) in [6.07, 6.45) is -0.705. The molecule has 1 aliphatic heterocycles. The van der Waals surface area contributed by atoms with Gasteiger partial charge in [0.05, 0.1) is 12.7 Å². The van der Waals surface area contributed by atoms with E-state index in [1.165, 1.54) is 17.2 Å². The van der Waals surface area contributed by atoms with E-state index in [1.807, 2.05) is 23.9 Å². The number of benzene rings is 1. The zero-order chi connectivity index (χ0) is 12.8. The van der Waals surface area contributed by atoms with Crippen molar-refractivity contribution in [3.63, 3.8) is 0 Å². The maximum Gasteiger partial charge on any atom is 0.0942 e.